The van der Waals surface area contributed by atoms with E-state index in [1.165, 1.54) is 0 Å². The highest BCUT2D eigenvalue weighted by atomic mass is 16.8. The number of rotatable bonds is 1. The Morgan fingerprint density at radius 2 is 1.91 bits per heavy atom. The lowest BCUT2D eigenvalue weighted by Crippen LogP contribution is -2.31. The summed E-state index contributed by atoms with van der Waals surface area (Å²) in [5.41, 5.74) is 0. The molecule has 0 aliphatic carbocycles. The number of hydrogen-bond acceptors (Lipinski definition) is 3. The molecule has 11 heavy (non-hydrogen) atoms. The van der Waals surface area contributed by atoms with Gasteiger partial charge in [0, 0.05) is 0 Å². The average molecular weight is 160 g/mol. The fourth-order valence-electron chi connectivity index (χ4n) is 1.46. The van der Waals surface area contributed by atoms with Gasteiger partial charge >= 0.3 is 0 Å². The topological polar surface area (TPSA) is 38.7 Å². The number of aliphatic hydroxyl groups excluding tert-OH is 1. The van der Waals surface area contributed by atoms with Crippen LogP contribution < -0.4 is 0 Å². The molecule has 1 saturated heterocycles. The summed E-state index contributed by atoms with van der Waals surface area (Å²) in [5, 5.41) is 9.25. The minimum absolute atomic E-state index is 0.0231. The third-order valence-electron chi connectivity index (χ3n) is 1.83. The van der Waals surface area contributed by atoms with Gasteiger partial charge in [-0.15, -0.1) is 0 Å². The molecule has 0 spiro atoms. The molecule has 0 bridgehead atoms. The Kier molecular flexibility index (Phi) is 2.23. The summed E-state index contributed by atoms with van der Waals surface area (Å²) in [6, 6.07) is 0. The predicted octanol–water partition coefficient (Wildman–Crippen LogP) is 0.907. The van der Waals surface area contributed by atoms with Gasteiger partial charge < -0.3 is 14.6 Å². The molecule has 2 unspecified atom stereocenters. The van der Waals surface area contributed by atoms with E-state index in [-0.39, 0.29) is 12.2 Å². The Morgan fingerprint density at radius 3 is 2.09 bits per heavy atom. The molecule has 1 heterocycles. The van der Waals surface area contributed by atoms with Crippen molar-refractivity contribution >= 4 is 0 Å². The highest BCUT2D eigenvalue weighted by molar-refractivity contribution is 4.81. The Labute approximate surface area is 67.3 Å². The molecule has 0 aromatic heterocycles. The van der Waals surface area contributed by atoms with Crippen molar-refractivity contribution in [3.63, 3.8) is 0 Å². The van der Waals surface area contributed by atoms with E-state index in [9.17, 15) is 5.11 Å². The van der Waals surface area contributed by atoms with Gasteiger partial charge in [-0.3, -0.25) is 0 Å². The molecule has 0 amide bonds. The van der Waals surface area contributed by atoms with Crippen molar-refractivity contribution in [2.24, 2.45) is 0 Å². The van der Waals surface area contributed by atoms with Crippen LogP contribution in [0.15, 0.2) is 0 Å². The van der Waals surface area contributed by atoms with Gasteiger partial charge in [-0.05, 0) is 27.7 Å². The first-order valence-corrected chi connectivity index (χ1v) is 3.96. The monoisotopic (exact) mass is 160 g/mol. The van der Waals surface area contributed by atoms with E-state index < -0.39 is 11.9 Å². The minimum atomic E-state index is -0.541. The molecule has 3 nitrogen and oxygen atoms in total. The minimum Gasteiger partial charge on any atom is -0.391 e. The summed E-state index contributed by atoms with van der Waals surface area (Å²) >= 11 is 0. The van der Waals surface area contributed by atoms with E-state index in [2.05, 4.69) is 0 Å². The van der Waals surface area contributed by atoms with Crippen LogP contribution in [-0.2, 0) is 9.47 Å². The molecular weight excluding hydrogens is 144 g/mol. The summed E-state index contributed by atoms with van der Waals surface area (Å²) in [4.78, 5) is 0. The summed E-state index contributed by atoms with van der Waals surface area (Å²) in [6.07, 6.45) is -0.679. The molecule has 66 valence electrons. The Balaban J connectivity index is 2.59. The Hall–Kier alpha value is -0.120. The van der Waals surface area contributed by atoms with Crippen LogP contribution in [0.5, 0.6) is 0 Å². The average Bonchev–Trinajstić information content (AvgIpc) is 2.05. The van der Waals surface area contributed by atoms with Crippen LogP contribution in [-0.4, -0.2) is 29.2 Å². The smallest absolute Gasteiger partial charge is 0.163 e. The van der Waals surface area contributed by atoms with Gasteiger partial charge in [0.1, 0.15) is 6.10 Å². The fraction of sp³-hybridized carbons (Fsp3) is 1.00. The van der Waals surface area contributed by atoms with Gasteiger partial charge in [-0.2, -0.15) is 0 Å². The SMILES string of the molecule is CC(O)[C@H]1OC(C)(C)OC1C. The maximum atomic E-state index is 9.25. The van der Waals surface area contributed by atoms with Gasteiger partial charge in [0.25, 0.3) is 0 Å². The zero-order chi connectivity index (χ0) is 8.65. The fourth-order valence-corrected chi connectivity index (χ4v) is 1.46. The molecule has 1 aliphatic heterocycles. The summed E-state index contributed by atoms with van der Waals surface area (Å²) in [6.45, 7) is 7.33. The first-order valence-electron chi connectivity index (χ1n) is 3.96. The summed E-state index contributed by atoms with van der Waals surface area (Å²) in [7, 11) is 0. The molecule has 1 rings (SSSR count). The van der Waals surface area contributed by atoms with Gasteiger partial charge in [-0.25, -0.2) is 0 Å². The lowest BCUT2D eigenvalue weighted by atomic mass is 10.1. The van der Waals surface area contributed by atoms with Crippen molar-refractivity contribution < 1.29 is 14.6 Å². The first-order chi connectivity index (χ1) is 4.92. The van der Waals surface area contributed by atoms with Crippen LogP contribution in [0, 0.1) is 0 Å². The van der Waals surface area contributed by atoms with Crippen molar-refractivity contribution in [1.29, 1.82) is 0 Å². The van der Waals surface area contributed by atoms with Crippen LogP contribution >= 0.6 is 0 Å². The molecule has 3 heteroatoms. The van der Waals surface area contributed by atoms with Crippen molar-refractivity contribution in [2.45, 2.75) is 51.8 Å². The molecule has 1 aliphatic rings. The van der Waals surface area contributed by atoms with E-state index in [0.717, 1.165) is 0 Å². The third-order valence-corrected chi connectivity index (χ3v) is 1.83. The van der Waals surface area contributed by atoms with Gasteiger partial charge in [0.15, 0.2) is 5.79 Å². The lowest BCUT2D eigenvalue weighted by Gasteiger charge is -2.18. The standard InChI is InChI=1S/C8H16O3/c1-5(9)7-6(2)10-8(3,4)11-7/h5-7,9H,1-4H3/t5?,6?,7-/m1/s1. The van der Waals surface area contributed by atoms with E-state index in [1.54, 1.807) is 6.92 Å². The molecule has 0 radical (unpaired) electrons. The highest BCUT2D eigenvalue weighted by Crippen LogP contribution is 2.29. The second-order valence-electron chi connectivity index (χ2n) is 3.55. The maximum absolute atomic E-state index is 9.25. The zero-order valence-electron chi connectivity index (χ0n) is 7.50. The van der Waals surface area contributed by atoms with Crippen LogP contribution in [0.3, 0.4) is 0 Å². The van der Waals surface area contributed by atoms with E-state index in [4.69, 9.17) is 9.47 Å². The number of aliphatic hydroxyl groups is 1. The number of hydrogen-bond donors (Lipinski definition) is 1. The molecule has 3 atom stereocenters. The predicted molar refractivity (Wildman–Crippen MR) is 41.2 cm³/mol. The molecule has 0 aromatic carbocycles. The normalized spacial score (nSPS) is 39.0. The summed E-state index contributed by atoms with van der Waals surface area (Å²) < 4.78 is 10.9. The van der Waals surface area contributed by atoms with Gasteiger partial charge in [0.2, 0.25) is 0 Å². The van der Waals surface area contributed by atoms with Crippen LogP contribution in [0.25, 0.3) is 0 Å². The van der Waals surface area contributed by atoms with Crippen molar-refractivity contribution in [2.75, 3.05) is 0 Å². The van der Waals surface area contributed by atoms with Crippen molar-refractivity contribution in [3.05, 3.63) is 0 Å². The van der Waals surface area contributed by atoms with Crippen molar-refractivity contribution in [1.82, 2.24) is 0 Å². The van der Waals surface area contributed by atoms with Crippen LogP contribution in [0.2, 0.25) is 0 Å². The maximum Gasteiger partial charge on any atom is 0.163 e. The van der Waals surface area contributed by atoms with E-state index >= 15 is 0 Å². The van der Waals surface area contributed by atoms with Gasteiger partial charge in [-0.1, -0.05) is 0 Å². The van der Waals surface area contributed by atoms with Gasteiger partial charge in [0.05, 0.1) is 12.2 Å². The highest BCUT2D eigenvalue weighted by Gasteiger charge is 2.40. The van der Waals surface area contributed by atoms with Crippen LogP contribution in [0.4, 0.5) is 0 Å². The molecule has 1 fully saturated rings. The third kappa shape index (κ3) is 1.92. The van der Waals surface area contributed by atoms with E-state index in [0.29, 0.717) is 0 Å². The largest absolute Gasteiger partial charge is 0.391 e. The Morgan fingerprint density at radius 1 is 1.36 bits per heavy atom. The van der Waals surface area contributed by atoms with E-state index in [1.807, 2.05) is 20.8 Å². The molecular formula is C8H16O3. The summed E-state index contributed by atoms with van der Waals surface area (Å²) in [5.74, 6) is -0.541. The Bertz CT molecular complexity index is 142. The number of ether oxygens (including phenoxy) is 2. The second kappa shape index (κ2) is 2.73. The second-order valence-corrected chi connectivity index (χ2v) is 3.55. The molecule has 0 aromatic rings. The lowest BCUT2D eigenvalue weighted by molar-refractivity contribution is -0.153. The quantitative estimate of drug-likeness (QED) is 0.619. The molecule has 1 N–H and O–H groups in total. The molecule has 0 saturated carbocycles. The van der Waals surface area contributed by atoms with Crippen molar-refractivity contribution in [3.8, 4) is 0 Å². The first kappa shape index (κ1) is 8.97. The zero-order valence-corrected chi connectivity index (χ0v) is 7.50. The van der Waals surface area contributed by atoms with Crippen LogP contribution in [0.1, 0.15) is 27.7 Å².